The summed E-state index contributed by atoms with van der Waals surface area (Å²) in [6, 6.07) is 17.2. The van der Waals surface area contributed by atoms with Gasteiger partial charge in [-0.3, -0.25) is 0 Å². The molecule has 0 radical (unpaired) electrons. The topological polar surface area (TPSA) is 24.7 Å². The SMILES string of the molecule is c1ccc2c(c1)-c1cccc3cc4c(c-2c13)=NN=4. The number of nitrogens with zero attached hydrogens (tertiary/aromatic N) is 2. The van der Waals surface area contributed by atoms with Crippen LogP contribution in [0.3, 0.4) is 0 Å². The molecule has 3 aromatic carbocycles. The second-order valence-corrected chi connectivity index (χ2v) is 4.77. The van der Waals surface area contributed by atoms with Crippen molar-refractivity contribution in [2.24, 2.45) is 10.2 Å². The molecule has 0 spiro atoms. The summed E-state index contributed by atoms with van der Waals surface area (Å²) in [7, 11) is 0. The second-order valence-electron chi connectivity index (χ2n) is 4.77. The highest BCUT2D eigenvalue weighted by Gasteiger charge is 2.24. The maximum absolute atomic E-state index is 4.21. The van der Waals surface area contributed by atoms with E-state index in [0.717, 1.165) is 10.7 Å². The molecule has 2 aliphatic rings. The Morgan fingerprint density at radius 1 is 0.722 bits per heavy atom. The van der Waals surface area contributed by atoms with E-state index in [0.29, 0.717) is 0 Å². The monoisotopic (exact) mass is 228 g/mol. The van der Waals surface area contributed by atoms with E-state index >= 15 is 0 Å². The molecule has 2 nitrogen and oxygen atoms in total. The first kappa shape index (κ1) is 8.59. The lowest BCUT2D eigenvalue weighted by Crippen LogP contribution is -2.33. The second kappa shape index (κ2) is 2.67. The molecular weight excluding hydrogens is 220 g/mol. The molecular formula is C16H8N2. The maximum atomic E-state index is 4.21. The zero-order valence-electron chi connectivity index (χ0n) is 9.51. The summed E-state index contributed by atoms with van der Waals surface area (Å²) in [6.45, 7) is 0. The normalized spacial score (nSPS) is 13.3. The van der Waals surface area contributed by atoms with Crippen LogP contribution in [-0.4, -0.2) is 0 Å². The first-order chi connectivity index (χ1) is 8.93. The first-order valence-electron chi connectivity index (χ1n) is 6.05. The lowest BCUT2D eigenvalue weighted by atomic mass is 10.0. The molecule has 0 N–H and O–H groups in total. The van der Waals surface area contributed by atoms with Gasteiger partial charge in [0.25, 0.3) is 0 Å². The highest BCUT2D eigenvalue weighted by Crippen LogP contribution is 2.44. The van der Waals surface area contributed by atoms with E-state index in [-0.39, 0.29) is 0 Å². The Kier molecular flexibility index (Phi) is 1.27. The van der Waals surface area contributed by atoms with Gasteiger partial charge in [-0.25, -0.2) is 0 Å². The van der Waals surface area contributed by atoms with Gasteiger partial charge in [0.15, 0.2) is 0 Å². The summed E-state index contributed by atoms with van der Waals surface area (Å²) in [6.07, 6.45) is 0. The van der Waals surface area contributed by atoms with Crippen LogP contribution in [-0.2, 0) is 0 Å². The summed E-state index contributed by atoms with van der Waals surface area (Å²) in [4.78, 5) is 0. The van der Waals surface area contributed by atoms with Crippen LogP contribution in [0, 0.1) is 0 Å². The van der Waals surface area contributed by atoms with Crippen molar-refractivity contribution in [1.82, 2.24) is 0 Å². The van der Waals surface area contributed by atoms with Crippen molar-refractivity contribution in [2.45, 2.75) is 0 Å². The quantitative estimate of drug-likeness (QED) is 0.442. The van der Waals surface area contributed by atoms with E-state index in [1.807, 2.05) is 0 Å². The third-order valence-corrected chi connectivity index (χ3v) is 3.86. The number of benzene rings is 3. The molecule has 18 heavy (non-hydrogen) atoms. The predicted molar refractivity (Wildman–Crippen MR) is 70.7 cm³/mol. The van der Waals surface area contributed by atoms with Gasteiger partial charge in [-0.05, 0) is 33.5 Å². The molecule has 2 heteroatoms. The molecule has 3 aromatic rings. The number of rotatable bonds is 0. The van der Waals surface area contributed by atoms with E-state index in [1.165, 1.54) is 33.0 Å². The van der Waals surface area contributed by atoms with Crippen molar-refractivity contribution in [2.75, 3.05) is 0 Å². The fourth-order valence-electron chi connectivity index (χ4n) is 3.09. The van der Waals surface area contributed by atoms with Crippen LogP contribution >= 0.6 is 0 Å². The van der Waals surface area contributed by atoms with Gasteiger partial charge >= 0.3 is 0 Å². The van der Waals surface area contributed by atoms with Crippen molar-refractivity contribution in [3.8, 4) is 22.3 Å². The Bertz CT molecular complexity index is 968. The lowest BCUT2D eigenvalue weighted by molar-refractivity contribution is 0.956. The first-order valence-corrected chi connectivity index (χ1v) is 6.05. The third kappa shape index (κ3) is 0.798. The summed E-state index contributed by atoms with van der Waals surface area (Å²) >= 11 is 0. The van der Waals surface area contributed by atoms with Crippen molar-refractivity contribution in [1.29, 1.82) is 0 Å². The van der Waals surface area contributed by atoms with Gasteiger partial charge < -0.3 is 0 Å². The molecule has 0 amide bonds. The van der Waals surface area contributed by atoms with Crippen LogP contribution < -0.4 is 10.7 Å². The van der Waals surface area contributed by atoms with Crippen molar-refractivity contribution < 1.29 is 0 Å². The molecule has 0 saturated carbocycles. The van der Waals surface area contributed by atoms with Crippen LogP contribution in [0.25, 0.3) is 33.0 Å². The minimum atomic E-state index is 1.02. The van der Waals surface area contributed by atoms with E-state index < -0.39 is 0 Å². The van der Waals surface area contributed by atoms with Gasteiger partial charge in [0, 0.05) is 5.56 Å². The van der Waals surface area contributed by atoms with Crippen LogP contribution in [0.2, 0.25) is 0 Å². The Hall–Kier alpha value is -2.48. The van der Waals surface area contributed by atoms with Gasteiger partial charge in [0.05, 0.1) is 0 Å². The molecule has 1 aliphatic carbocycles. The molecule has 0 atom stereocenters. The zero-order chi connectivity index (χ0) is 11.7. The fraction of sp³-hybridized carbons (Fsp3) is 0. The Balaban J connectivity index is 2.19. The van der Waals surface area contributed by atoms with Gasteiger partial charge in [-0.2, -0.15) is 0 Å². The van der Waals surface area contributed by atoms with Crippen molar-refractivity contribution in [3.63, 3.8) is 0 Å². The molecule has 0 aromatic heterocycles. The van der Waals surface area contributed by atoms with Gasteiger partial charge in [-0.1, -0.05) is 42.5 Å². The average Bonchev–Trinajstić information content (AvgIpc) is 2.71. The third-order valence-electron chi connectivity index (χ3n) is 3.86. The average molecular weight is 228 g/mol. The van der Waals surface area contributed by atoms with E-state index in [9.17, 15) is 0 Å². The standard InChI is InChI=1S/C16H8N2/c1-2-6-12-10(5-1)11-7-3-4-9-8-13-16(18-17-13)15(12)14(9)11/h1-8H. The molecule has 0 saturated heterocycles. The Labute approximate surface area is 103 Å². The smallest absolute Gasteiger partial charge is 0.122 e. The Morgan fingerprint density at radius 3 is 2.39 bits per heavy atom. The van der Waals surface area contributed by atoms with E-state index in [1.54, 1.807) is 0 Å². The van der Waals surface area contributed by atoms with Crippen molar-refractivity contribution in [3.05, 3.63) is 59.2 Å². The molecule has 82 valence electrons. The number of fused-ring (bicyclic) bond motifs is 5. The maximum Gasteiger partial charge on any atom is 0.122 e. The summed E-state index contributed by atoms with van der Waals surface area (Å²) in [5.41, 5.74) is 5.19. The minimum absolute atomic E-state index is 1.02. The fourth-order valence-corrected chi connectivity index (χ4v) is 3.09. The summed E-state index contributed by atoms with van der Waals surface area (Å²) in [5.74, 6) is 0. The summed E-state index contributed by atoms with van der Waals surface area (Å²) in [5, 5.41) is 13.0. The van der Waals surface area contributed by atoms with E-state index in [4.69, 9.17) is 0 Å². The highest BCUT2D eigenvalue weighted by molar-refractivity contribution is 6.14. The molecule has 1 heterocycles. The molecule has 0 unspecified atom stereocenters. The molecule has 0 fully saturated rings. The molecule has 1 aliphatic heterocycles. The zero-order valence-corrected chi connectivity index (χ0v) is 9.51. The lowest BCUT2D eigenvalue weighted by Gasteiger charge is -2.06. The number of hydrogen-bond acceptors (Lipinski definition) is 2. The van der Waals surface area contributed by atoms with Gasteiger partial charge in [-0.15, -0.1) is 10.2 Å². The van der Waals surface area contributed by atoms with Crippen LogP contribution in [0.15, 0.2) is 58.7 Å². The summed E-state index contributed by atoms with van der Waals surface area (Å²) < 4.78 is 0. The highest BCUT2D eigenvalue weighted by atomic mass is 15.2. The van der Waals surface area contributed by atoms with E-state index in [2.05, 4.69) is 58.7 Å². The molecule has 5 rings (SSSR count). The van der Waals surface area contributed by atoms with Crippen molar-refractivity contribution >= 4 is 10.8 Å². The Morgan fingerprint density at radius 2 is 1.56 bits per heavy atom. The molecule has 0 bridgehead atoms. The van der Waals surface area contributed by atoms with Gasteiger partial charge in [0.2, 0.25) is 0 Å². The van der Waals surface area contributed by atoms with Crippen LogP contribution in [0.5, 0.6) is 0 Å². The van der Waals surface area contributed by atoms with Gasteiger partial charge in [0.1, 0.15) is 10.7 Å². The number of hydrogen-bond donors (Lipinski definition) is 0. The van der Waals surface area contributed by atoms with Crippen LogP contribution in [0.1, 0.15) is 0 Å². The predicted octanol–water partition coefficient (Wildman–Crippen LogP) is 2.66. The van der Waals surface area contributed by atoms with Crippen LogP contribution in [0.4, 0.5) is 0 Å². The minimum Gasteiger partial charge on any atom is -0.148 e. The largest absolute Gasteiger partial charge is 0.148 e.